The molecule has 0 atom stereocenters. The highest BCUT2D eigenvalue weighted by Gasteiger charge is 2.12. The largest absolute Gasteiger partial charge is 0.478 e. The highest BCUT2D eigenvalue weighted by atomic mass is 35.5. The molecule has 0 fully saturated rings. The van der Waals surface area contributed by atoms with E-state index in [1.54, 1.807) is 11.4 Å². The van der Waals surface area contributed by atoms with Crippen LogP contribution in [-0.2, 0) is 0 Å². The SMILES string of the molecule is O=C(O)c1cc(-c2ccc(Cl)c(C(=O)O)c2)cs1. The summed E-state index contributed by atoms with van der Waals surface area (Å²) in [5.74, 6) is -2.12. The van der Waals surface area contributed by atoms with Crippen LogP contribution in [0.15, 0.2) is 29.6 Å². The summed E-state index contributed by atoms with van der Waals surface area (Å²) in [5.41, 5.74) is 1.29. The molecular formula is C12H7ClO4S. The van der Waals surface area contributed by atoms with Crippen LogP contribution in [0.25, 0.3) is 11.1 Å². The highest BCUT2D eigenvalue weighted by Crippen LogP contribution is 2.29. The molecule has 2 aromatic rings. The van der Waals surface area contributed by atoms with Crippen molar-refractivity contribution in [1.82, 2.24) is 0 Å². The fraction of sp³-hybridized carbons (Fsp3) is 0. The van der Waals surface area contributed by atoms with Gasteiger partial charge in [-0.1, -0.05) is 17.7 Å². The summed E-state index contributed by atoms with van der Waals surface area (Å²) < 4.78 is 0. The molecule has 0 saturated heterocycles. The molecule has 0 aliphatic heterocycles. The van der Waals surface area contributed by atoms with Crippen molar-refractivity contribution in [2.45, 2.75) is 0 Å². The fourth-order valence-electron chi connectivity index (χ4n) is 1.47. The second-order valence-electron chi connectivity index (χ2n) is 3.50. The Morgan fingerprint density at radius 2 is 1.78 bits per heavy atom. The van der Waals surface area contributed by atoms with E-state index in [1.165, 1.54) is 18.2 Å². The molecule has 0 aliphatic rings. The zero-order chi connectivity index (χ0) is 13.3. The Labute approximate surface area is 111 Å². The van der Waals surface area contributed by atoms with Gasteiger partial charge in [0.2, 0.25) is 0 Å². The number of aromatic carboxylic acids is 2. The minimum atomic E-state index is -1.12. The molecule has 0 bridgehead atoms. The lowest BCUT2D eigenvalue weighted by Gasteiger charge is -2.02. The molecule has 0 aliphatic carbocycles. The van der Waals surface area contributed by atoms with Gasteiger partial charge in [0.25, 0.3) is 0 Å². The third kappa shape index (κ3) is 2.37. The van der Waals surface area contributed by atoms with Crippen molar-refractivity contribution in [3.05, 3.63) is 45.1 Å². The molecule has 0 saturated carbocycles. The second kappa shape index (κ2) is 4.80. The van der Waals surface area contributed by atoms with Gasteiger partial charge in [-0.2, -0.15) is 0 Å². The summed E-state index contributed by atoms with van der Waals surface area (Å²) in [6.45, 7) is 0. The predicted octanol–water partition coefficient (Wildman–Crippen LogP) is 3.46. The molecular weight excluding hydrogens is 276 g/mol. The molecule has 2 N–H and O–H groups in total. The lowest BCUT2D eigenvalue weighted by atomic mass is 10.1. The summed E-state index contributed by atoms with van der Waals surface area (Å²) in [5, 5.41) is 19.6. The van der Waals surface area contributed by atoms with E-state index < -0.39 is 11.9 Å². The Morgan fingerprint density at radius 3 is 2.33 bits per heavy atom. The summed E-state index contributed by atoms with van der Waals surface area (Å²) in [7, 11) is 0. The predicted molar refractivity (Wildman–Crippen MR) is 68.7 cm³/mol. The maximum Gasteiger partial charge on any atom is 0.345 e. The van der Waals surface area contributed by atoms with Crippen molar-refractivity contribution < 1.29 is 19.8 Å². The van der Waals surface area contributed by atoms with E-state index in [1.807, 2.05) is 0 Å². The number of carboxylic acids is 2. The molecule has 18 heavy (non-hydrogen) atoms. The summed E-state index contributed by atoms with van der Waals surface area (Å²) in [4.78, 5) is 21.9. The van der Waals surface area contributed by atoms with Crippen molar-refractivity contribution in [3.8, 4) is 11.1 Å². The van der Waals surface area contributed by atoms with E-state index in [9.17, 15) is 9.59 Å². The van der Waals surface area contributed by atoms with Crippen LogP contribution in [0.5, 0.6) is 0 Å². The van der Waals surface area contributed by atoms with Crippen LogP contribution < -0.4 is 0 Å². The lowest BCUT2D eigenvalue weighted by Crippen LogP contribution is -1.97. The Balaban J connectivity index is 2.47. The molecule has 1 aromatic carbocycles. The normalized spacial score (nSPS) is 10.3. The van der Waals surface area contributed by atoms with E-state index >= 15 is 0 Å². The topological polar surface area (TPSA) is 74.6 Å². The first-order valence-corrected chi connectivity index (χ1v) is 6.10. The van der Waals surface area contributed by atoms with Gasteiger partial charge >= 0.3 is 11.9 Å². The number of hydrogen-bond donors (Lipinski definition) is 2. The quantitative estimate of drug-likeness (QED) is 0.904. The minimum Gasteiger partial charge on any atom is -0.478 e. The smallest absolute Gasteiger partial charge is 0.345 e. The standard InChI is InChI=1S/C12H7ClO4S/c13-9-2-1-6(3-8(9)11(14)15)7-4-10(12(16)17)18-5-7/h1-5H,(H,14,15)(H,16,17). The first-order valence-electron chi connectivity index (χ1n) is 4.84. The molecule has 0 radical (unpaired) electrons. The van der Waals surface area contributed by atoms with Gasteiger partial charge in [-0.05, 0) is 34.7 Å². The van der Waals surface area contributed by atoms with Gasteiger partial charge < -0.3 is 10.2 Å². The third-order valence-corrected chi connectivity index (χ3v) is 3.59. The summed E-state index contributed by atoms with van der Waals surface area (Å²) in [6, 6.07) is 6.07. The number of rotatable bonds is 3. The first-order chi connectivity index (χ1) is 8.49. The maximum absolute atomic E-state index is 10.9. The number of halogens is 1. The Hall–Kier alpha value is -1.85. The summed E-state index contributed by atoms with van der Waals surface area (Å²) in [6.07, 6.45) is 0. The molecule has 0 amide bonds. The number of carbonyl (C=O) groups is 2. The lowest BCUT2D eigenvalue weighted by molar-refractivity contribution is 0.0688. The molecule has 0 unspecified atom stereocenters. The fourth-order valence-corrected chi connectivity index (χ4v) is 2.42. The average molecular weight is 283 g/mol. The van der Waals surface area contributed by atoms with Crippen LogP contribution in [-0.4, -0.2) is 22.2 Å². The zero-order valence-electron chi connectivity index (χ0n) is 8.88. The highest BCUT2D eigenvalue weighted by molar-refractivity contribution is 7.12. The number of hydrogen-bond acceptors (Lipinski definition) is 3. The first kappa shape index (κ1) is 12.6. The van der Waals surface area contributed by atoms with E-state index in [4.69, 9.17) is 21.8 Å². The molecule has 92 valence electrons. The zero-order valence-corrected chi connectivity index (χ0v) is 10.5. The van der Waals surface area contributed by atoms with Gasteiger partial charge in [0.15, 0.2) is 0 Å². The molecule has 1 heterocycles. The van der Waals surface area contributed by atoms with Gasteiger partial charge in [0, 0.05) is 0 Å². The van der Waals surface area contributed by atoms with Crippen LogP contribution in [0.3, 0.4) is 0 Å². The van der Waals surface area contributed by atoms with Crippen LogP contribution in [0.1, 0.15) is 20.0 Å². The number of thiophene rings is 1. The molecule has 4 nitrogen and oxygen atoms in total. The Morgan fingerprint density at radius 1 is 1.06 bits per heavy atom. The van der Waals surface area contributed by atoms with Gasteiger partial charge in [-0.3, -0.25) is 0 Å². The number of carboxylic acid groups (broad SMARTS) is 2. The molecule has 2 rings (SSSR count). The second-order valence-corrected chi connectivity index (χ2v) is 4.82. The van der Waals surface area contributed by atoms with Crippen LogP contribution >= 0.6 is 22.9 Å². The summed E-state index contributed by atoms with van der Waals surface area (Å²) >= 11 is 6.85. The third-order valence-electron chi connectivity index (χ3n) is 2.34. The van der Waals surface area contributed by atoms with Crippen LogP contribution in [0, 0.1) is 0 Å². The Bertz CT molecular complexity index is 633. The number of benzene rings is 1. The van der Waals surface area contributed by atoms with Crippen molar-refractivity contribution in [1.29, 1.82) is 0 Å². The van der Waals surface area contributed by atoms with E-state index in [0.29, 0.717) is 11.1 Å². The minimum absolute atomic E-state index is 0.00255. The average Bonchev–Trinajstić information content (AvgIpc) is 2.78. The van der Waals surface area contributed by atoms with Gasteiger partial charge in [-0.25, -0.2) is 9.59 Å². The van der Waals surface area contributed by atoms with Crippen molar-refractivity contribution in [2.75, 3.05) is 0 Å². The van der Waals surface area contributed by atoms with Crippen molar-refractivity contribution in [2.24, 2.45) is 0 Å². The maximum atomic E-state index is 10.9. The molecule has 6 heteroatoms. The van der Waals surface area contributed by atoms with E-state index in [2.05, 4.69) is 0 Å². The van der Waals surface area contributed by atoms with Gasteiger partial charge in [-0.15, -0.1) is 11.3 Å². The van der Waals surface area contributed by atoms with Gasteiger partial charge in [0.1, 0.15) is 4.88 Å². The van der Waals surface area contributed by atoms with Crippen LogP contribution in [0.4, 0.5) is 0 Å². The van der Waals surface area contributed by atoms with Gasteiger partial charge in [0.05, 0.1) is 10.6 Å². The monoisotopic (exact) mass is 282 g/mol. The van der Waals surface area contributed by atoms with Crippen LogP contribution in [0.2, 0.25) is 5.02 Å². The molecule has 1 aromatic heterocycles. The van der Waals surface area contributed by atoms with E-state index in [0.717, 1.165) is 11.3 Å². The molecule has 0 spiro atoms. The van der Waals surface area contributed by atoms with Crippen molar-refractivity contribution >= 4 is 34.9 Å². The Kier molecular flexibility index (Phi) is 3.36. The van der Waals surface area contributed by atoms with Crippen molar-refractivity contribution in [3.63, 3.8) is 0 Å². The van der Waals surface area contributed by atoms with E-state index in [-0.39, 0.29) is 15.5 Å².